The average molecular weight is 518 g/mol. The molecule has 200 valence electrons. The van der Waals surface area contributed by atoms with Gasteiger partial charge in [-0.1, -0.05) is 37.3 Å². The first-order valence-electron chi connectivity index (χ1n) is 12.9. The van der Waals surface area contributed by atoms with E-state index in [0.717, 1.165) is 34.6 Å². The molecule has 0 radical (unpaired) electrons. The molecule has 0 saturated heterocycles. The molecule has 0 atom stereocenters. The SMILES string of the molecule is CCOC(=O)C(C)(C)Oc1ccc(CN(Cc2ncco2)Cc2nc(-c3ccccc3)oc2C)cc1CC. The molecule has 4 aromatic rings. The van der Waals surface area contributed by atoms with Gasteiger partial charge in [-0.05, 0) is 63.4 Å². The highest BCUT2D eigenvalue weighted by atomic mass is 16.6. The van der Waals surface area contributed by atoms with Gasteiger partial charge in [-0.25, -0.2) is 14.8 Å². The van der Waals surface area contributed by atoms with Crippen LogP contribution in [0.15, 0.2) is 69.8 Å². The van der Waals surface area contributed by atoms with Gasteiger partial charge in [-0.3, -0.25) is 4.90 Å². The molecular weight excluding hydrogens is 482 g/mol. The zero-order valence-corrected chi connectivity index (χ0v) is 22.7. The van der Waals surface area contributed by atoms with Crippen LogP contribution in [0.2, 0.25) is 0 Å². The Morgan fingerprint density at radius 1 is 1.05 bits per heavy atom. The van der Waals surface area contributed by atoms with Crippen LogP contribution in [0, 0.1) is 6.92 Å². The van der Waals surface area contributed by atoms with Gasteiger partial charge < -0.3 is 18.3 Å². The molecule has 0 aliphatic carbocycles. The van der Waals surface area contributed by atoms with Gasteiger partial charge in [0.25, 0.3) is 0 Å². The molecule has 2 aromatic carbocycles. The molecule has 0 saturated carbocycles. The smallest absolute Gasteiger partial charge is 0.349 e. The zero-order valence-electron chi connectivity index (χ0n) is 22.7. The van der Waals surface area contributed by atoms with Gasteiger partial charge in [-0.2, -0.15) is 0 Å². The van der Waals surface area contributed by atoms with Crippen molar-refractivity contribution in [3.8, 4) is 17.2 Å². The van der Waals surface area contributed by atoms with Crippen LogP contribution in [0.4, 0.5) is 0 Å². The molecule has 2 heterocycles. The molecule has 8 nitrogen and oxygen atoms in total. The molecule has 0 spiro atoms. The fourth-order valence-electron chi connectivity index (χ4n) is 4.17. The maximum absolute atomic E-state index is 12.3. The molecule has 38 heavy (non-hydrogen) atoms. The summed E-state index contributed by atoms with van der Waals surface area (Å²) >= 11 is 0. The fraction of sp³-hybridized carbons (Fsp3) is 0.367. The van der Waals surface area contributed by atoms with E-state index >= 15 is 0 Å². The van der Waals surface area contributed by atoms with Gasteiger partial charge in [0.05, 0.1) is 25.0 Å². The molecule has 2 aromatic heterocycles. The van der Waals surface area contributed by atoms with Gasteiger partial charge in [0.1, 0.15) is 17.8 Å². The molecule has 0 amide bonds. The predicted octanol–water partition coefficient (Wildman–Crippen LogP) is 6.12. The monoisotopic (exact) mass is 517 g/mol. The van der Waals surface area contributed by atoms with Crippen molar-refractivity contribution >= 4 is 5.97 Å². The molecular formula is C30H35N3O5. The van der Waals surface area contributed by atoms with E-state index in [2.05, 4.69) is 22.9 Å². The van der Waals surface area contributed by atoms with E-state index in [1.165, 1.54) is 0 Å². The lowest BCUT2D eigenvalue weighted by Gasteiger charge is -2.26. The van der Waals surface area contributed by atoms with Crippen LogP contribution in [0.25, 0.3) is 11.5 Å². The van der Waals surface area contributed by atoms with Crippen LogP contribution in [0.3, 0.4) is 0 Å². The van der Waals surface area contributed by atoms with Crippen molar-refractivity contribution in [2.45, 2.75) is 66.3 Å². The minimum atomic E-state index is -1.08. The third-order valence-corrected chi connectivity index (χ3v) is 6.17. The summed E-state index contributed by atoms with van der Waals surface area (Å²) in [6, 6.07) is 15.9. The Morgan fingerprint density at radius 2 is 1.84 bits per heavy atom. The molecule has 0 aliphatic heterocycles. The van der Waals surface area contributed by atoms with Gasteiger partial charge in [0, 0.05) is 18.7 Å². The van der Waals surface area contributed by atoms with Crippen LogP contribution in [0.5, 0.6) is 5.75 Å². The Bertz CT molecular complexity index is 1330. The highest BCUT2D eigenvalue weighted by Gasteiger charge is 2.32. The molecule has 0 bridgehead atoms. The first kappa shape index (κ1) is 27.1. The van der Waals surface area contributed by atoms with E-state index in [9.17, 15) is 4.79 Å². The number of hydrogen-bond donors (Lipinski definition) is 0. The summed E-state index contributed by atoms with van der Waals surface area (Å²) in [6.07, 6.45) is 3.98. The Labute approximate surface area is 223 Å². The largest absolute Gasteiger partial charge is 0.476 e. The summed E-state index contributed by atoms with van der Waals surface area (Å²) in [7, 11) is 0. The minimum Gasteiger partial charge on any atom is -0.476 e. The summed E-state index contributed by atoms with van der Waals surface area (Å²) in [5.41, 5.74) is 2.83. The van der Waals surface area contributed by atoms with Crippen molar-refractivity contribution < 1.29 is 23.1 Å². The van der Waals surface area contributed by atoms with Crippen molar-refractivity contribution in [3.05, 3.63) is 89.5 Å². The Kier molecular flexibility index (Phi) is 8.63. The minimum absolute atomic E-state index is 0.309. The molecule has 4 rings (SSSR count). The molecule has 0 fully saturated rings. The van der Waals surface area contributed by atoms with Crippen molar-refractivity contribution in [1.29, 1.82) is 0 Å². The van der Waals surface area contributed by atoms with Crippen molar-refractivity contribution in [3.63, 3.8) is 0 Å². The number of hydrogen-bond acceptors (Lipinski definition) is 8. The van der Waals surface area contributed by atoms with Gasteiger partial charge in [0.15, 0.2) is 5.60 Å². The Morgan fingerprint density at radius 3 is 2.53 bits per heavy atom. The predicted molar refractivity (Wildman–Crippen MR) is 143 cm³/mol. The standard InChI is InChI=1S/C30H35N3O5/c1-6-23-17-22(13-14-26(23)38-30(4,5)29(34)35-7-2)18-33(20-27-31-15-16-36-27)19-25-21(3)37-28(32-25)24-11-9-8-10-12-24/h8-17H,6-7,18-20H2,1-5H3. The van der Waals surface area contributed by atoms with Gasteiger partial charge >= 0.3 is 5.97 Å². The third-order valence-electron chi connectivity index (χ3n) is 6.17. The van der Waals surface area contributed by atoms with E-state index in [0.29, 0.717) is 43.8 Å². The number of esters is 1. The molecule has 0 aliphatic rings. The third kappa shape index (κ3) is 6.69. The summed E-state index contributed by atoms with van der Waals surface area (Å²) < 4.78 is 22.8. The maximum atomic E-state index is 12.3. The second kappa shape index (κ2) is 12.1. The first-order valence-corrected chi connectivity index (χ1v) is 12.9. The van der Waals surface area contributed by atoms with Crippen molar-refractivity contribution in [2.75, 3.05) is 6.61 Å². The summed E-state index contributed by atoms with van der Waals surface area (Å²) in [5, 5.41) is 0. The number of aromatic nitrogens is 2. The lowest BCUT2D eigenvalue weighted by atomic mass is 10.1. The van der Waals surface area contributed by atoms with Crippen LogP contribution >= 0.6 is 0 Å². The first-order chi connectivity index (χ1) is 18.3. The summed E-state index contributed by atoms with van der Waals surface area (Å²) in [4.78, 5) is 23.7. The average Bonchev–Trinajstić information content (AvgIpc) is 3.55. The number of carbonyl (C=O) groups is 1. The van der Waals surface area contributed by atoms with E-state index in [1.807, 2.05) is 49.4 Å². The van der Waals surface area contributed by atoms with Gasteiger partial charge in [-0.15, -0.1) is 0 Å². The van der Waals surface area contributed by atoms with E-state index in [-0.39, 0.29) is 5.97 Å². The van der Waals surface area contributed by atoms with Crippen LogP contribution in [-0.4, -0.2) is 33.0 Å². The van der Waals surface area contributed by atoms with Crippen LogP contribution < -0.4 is 4.74 Å². The molecule has 8 heteroatoms. The number of rotatable bonds is 12. The Balaban J connectivity index is 1.55. The van der Waals surface area contributed by atoms with Crippen LogP contribution in [-0.2, 0) is 35.6 Å². The number of benzene rings is 2. The van der Waals surface area contributed by atoms with Gasteiger partial charge in [0.2, 0.25) is 11.8 Å². The van der Waals surface area contributed by atoms with E-state index in [1.54, 1.807) is 33.2 Å². The second-order valence-electron chi connectivity index (χ2n) is 9.59. The van der Waals surface area contributed by atoms with E-state index < -0.39 is 5.60 Å². The van der Waals surface area contributed by atoms with Crippen molar-refractivity contribution in [1.82, 2.24) is 14.9 Å². The lowest BCUT2D eigenvalue weighted by molar-refractivity contribution is -0.158. The quantitative estimate of drug-likeness (QED) is 0.208. The number of aryl methyl sites for hydroxylation is 2. The van der Waals surface area contributed by atoms with Crippen LogP contribution in [0.1, 0.15) is 56.2 Å². The lowest BCUT2D eigenvalue weighted by Crippen LogP contribution is -2.40. The number of carbonyl (C=O) groups excluding carboxylic acids is 1. The van der Waals surface area contributed by atoms with E-state index in [4.69, 9.17) is 23.3 Å². The fourth-order valence-corrected chi connectivity index (χ4v) is 4.17. The second-order valence-corrected chi connectivity index (χ2v) is 9.59. The Hall–Kier alpha value is -3.91. The summed E-state index contributed by atoms with van der Waals surface area (Å²) in [5.74, 6) is 2.30. The maximum Gasteiger partial charge on any atom is 0.349 e. The normalized spacial score (nSPS) is 11.6. The number of oxazole rings is 2. The number of ether oxygens (including phenoxy) is 2. The van der Waals surface area contributed by atoms with Crippen molar-refractivity contribution in [2.24, 2.45) is 0 Å². The summed E-state index contributed by atoms with van der Waals surface area (Å²) in [6.45, 7) is 11.2. The molecule has 0 unspecified atom stereocenters. The highest BCUT2D eigenvalue weighted by molar-refractivity contribution is 5.79. The topological polar surface area (TPSA) is 90.8 Å². The molecule has 0 N–H and O–H groups in total. The zero-order chi connectivity index (χ0) is 27.1. The highest BCUT2D eigenvalue weighted by Crippen LogP contribution is 2.28. The number of nitrogens with zero attached hydrogens (tertiary/aromatic N) is 3.